The summed E-state index contributed by atoms with van der Waals surface area (Å²) in [5, 5.41) is 0. The van der Waals surface area contributed by atoms with E-state index >= 15 is 0 Å². The number of ketones is 1. The molecule has 0 aliphatic carbocycles. The second kappa shape index (κ2) is 5.40. The highest BCUT2D eigenvalue weighted by molar-refractivity contribution is 6.03. The van der Waals surface area contributed by atoms with Crippen LogP contribution in [-0.2, 0) is 11.8 Å². The monoisotopic (exact) mass is 252 g/mol. The number of Topliss-reactive ketones (excluding diaryl/α,β-unsaturated/α-hetero) is 1. The maximum Gasteiger partial charge on any atom is 0.172 e. The highest BCUT2D eigenvalue weighted by Gasteiger charge is 2.30. The van der Waals surface area contributed by atoms with Crippen LogP contribution < -0.4 is 0 Å². The third kappa shape index (κ3) is 2.76. The SMILES string of the molecule is CCc1ccc(C(=O)C(C)(C)c2ccccc2)cc1. The Kier molecular flexibility index (Phi) is 3.84. The summed E-state index contributed by atoms with van der Waals surface area (Å²) in [6.45, 7) is 6.08. The van der Waals surface area contributed by atoms with Crippen molar-refractivity contribution >= 4 is 5.78 Å². The minimum atomic E-state index is -0.491. The first-order valence-electron chi connectivity index (χ1n) is 6.75. The number of carbonyl (C=O) groups is 1. The molecule has 0 saturated carbocycles. The van der Waals surface area contributed by atoms with Gasteiger partial charge in [0.25, 0.3) is 0 Å². The molecule has 1 heteroatoms. The molecule has 0 amide bonds. The van der Waals surface area contributed by atoms with Crippen LogP contribution in [0.1, 0.15) is 42.3 Å². The van der Waals surface area contributed by atoms with Crippen LogP contribution >= 0.6 is 0 Å². The number of hydrogen-bond donors (Lipinski definition) is 0. The van der Waals surface area contributed by atoms with Gasteiger partial charge >= 0.3 is 0 Å². The third-order valence-electron chi connectivity index (χ3n) is 3.69. The van der Waals surface area contributed by atoms with Crippen molar-refractivity contribution in [2.24, 2.45) is 0 Å². The summed E-state index contributed by atoms with van der Waals surface area (Å²) in [5.41, 5.74) is 2.61. The average Bonchev–Trinajstić information content (AvgIpc) is 2.47. The van der Waals surface area contributed by atoms with Crippen molar-refractivity contribution in [3.05, 3.63) is 71.3 Å². The molecule has 0 aliphatic heterocycles. The summed E-state index contributed by atoms with van der Waals surface area (Å²) >= 11 is 0. The minimum Gasteiger partial charge on any atom is -0.293 e. The van der Waals surface area contributed by atoms with Gasteiger partial charge in [-0.1, -0.05) is 61.5 Å². The number of rotatable bonds is 4. The van der Waals surface area contributed by atoms with Crippen molar-refractivity contribution in [3.8, 4) is 0 Å². The van der Waals surface area contributed by atoms with Crippen LogP contribution in [0.2, 0.25) is 0 Å². The smallest absolute Gasteiger partial charge is 0.172 e. The molecule has 1 nitrogen and oxygen atoms in total. The molecule has 0 radical (unpaired) electrons. The largest absolute Gasteiger partial charge is 0.293 e. The first-order chi connectivity index (χ1) is 9.05. The number of carbonyl (C=O) groups excluding carboxylic acids is 1. The Hall–Kier alpha value is -1.89. The molecule has 0 fully saturated rings. The molecular weight excluding hydrogens is 232 g/mol. The van der Waals surface area contributed by atoms with E-state index in [2.05, 4.69) is 6.92 Å². The van der Waals surface area contributed by atoms with E-state index in [-0.39, 0.29) is 5.78 Å². The summed E-state index contributed by atoms with van der Waals surface area (Å²) in [6.07, 6.45) is 0.997. The van der Waals surface area contributed by atoms with Gasteiger partial charge < -0.3 is 0 Å². The van der Waals surface area contributed by atoms with Gasteiger partial charge in [0.1, 0.15) is 0 Å². The summed E-state index contributed by atoms with van der Waals surface area (Å²) < 4.78 is 0. The average molecular weight is 252 g/mol. The van der Waals surface area contributed by atoms with E-state index in [4.69, 9.17) is 0 Å². The highest BCUT2D eigenvalue weighted by Crippen LogP contribution is 2.27. The molecule has 0 N–H and O–H groups in total. The van der Waals surface area contributed by atoms with Crippen molar-refractivity contribution < 1.29 is 4.79 Å². The van der Waals surface area contributed by atoms with Gasteiger partial charge in [0.2, 0.25) is 0 Å². The molecule has 2 rings (SSSR count). The summed E-state index contributed by atoms with van der Waals surface area (Å²) in [7, 11) is 0. The van der Waals surface area contributed by atoms with Crippen molar-refractivity contribution in [2.45, 2.75) is 32.6 Å². The predicted molar refractivity (Wildman–Crippen MR) is 79.6 cm³/mol. The van der Waals surface area contributed by atoms with Crippen LogP contribution in [0.4, 0.5) is 0 Å². The van der Waals surface area contributed by atoms with E-state index in [1.165, 1.54) is 5.56 Å². The van der Waals surface area contributed by atoms with Gasteiger partial charge in [-0.3, -0.25) is 4.79 Å². The molecule has 0 aromatic heterocycles. The molecular formula is C18H20O. The van der Waals surface area contributed by atoms with E-state index in [0.29, 0.717) is 0 Å². The van der Waals surface area contributed by atoms with E-state index in [9.17, 15) is 4.79 Å². The molecule has 2 aromatic rings. The lowest BCUT2D eigenvalue weighted by molar-refractivity contribution is 0.0909. The summed E-state index contributed by atoms with van der Waals surface area (Å²) in [4.78, 5) is 12.7. The Morgan fingerprint density at radius 2 is 1.53 bits per heavy atom. The normalized spacial score (nSPS) is 11.3. The van der Waals surface area contributed by atoms with Gasteiger partial charge in [-0.05, 0) is 31.4 Å². The Morgan fingerprint density at radius 3 is 2.05 bits per heavy atom. The molecule has 98 valence electrons. The molecule has 0 spiro atoms. The summed E-state index contributed by atoms with van der Waals surface area (Å²) in [6, 6.07) is 17.9. The first kappa shape index (κ1) is 13.5. The van der Waals surface area contributed by atoms with Crippen LogP contribution in [0.5, 0.6) is 0 Å². The zero-order valence-corrected chi connectivity index (χ0v) is 11.8. The van der Waals surface area contributed by atoms with Crippen molar-refractivity contribution in [1.82, 2.24) is 0 Å². The Labute approximate surface area is 115 Å². The van der Waals surface area contributed by atoms with Gasteiger partial charge in [-0.25, -0.2) is 0 Å². The number of benzene rings is 2. The number of hydrogen-bond acceptors (Lipinski definition) is 1. The molecule has 0 aliphatic rings. The maximum absolute atomic E-state index is 12.7. The standard InChI is InChI=1S/C18H20O/c1-4-14-10-12-15(13-11-14)17(19)18(2,3)16-8-6-5-7-9-16/h5-13H,4H2,1-3H3. The van der Waals surface area contributed by atoms with Crippen LogP contribution in [-0.4, -0.2) is 5.78 Å². The van der Waals surface area contributed by atoms with E-state index < -0.39 is 5.41 Å². The van der Waals surface area contributed by atoms with Crippen molar-refractivity contribution in [1.29, 1.82) is 0 Å². The lowest BCUT2D eigenvalue weighted by Gasteiger charge is -2.23. The fraction of sp³-hybridized carbons (Fsp3) is 0.278. The van der Waals surface area contributed by atoms with Crippen LogP contribution in [0, 0.1) is 0 Å². The van der Waals surface area contributed by atoms with Crippen LogP contribution in [0.25, 0.3) is 0 Å². The fourth-order valence-electron chi connectivity index (χ4n) is 2.24. The molecule has 0 heterocycles. The van der Waals surface area contributed by atoms with Gasteiger partial charge in [-0.2, -0.15) is 0 Å². The third-order valence-corrected chi connectivity index (χ3v) is 3.69. The van der Waals surface area contributed by atoms with E-state index in [1.807, 2.05) is 68.4 Å². The fourth-order valence-corrected chi connectivity index (χ4v) is 2.24. The Morgan fingerprint density at radius 1 is 0.947 bits per heavy atom. The van der Waals surface area contributed by atoms with Crippen molar-refractivity contribution in [3.63, 3.8) is 0 Å². The van der Waals surface area contributed by atoms with Gasteiger partial charge in [0.05, 0.1) is 5.41 Å². The minimum absolute atomic E-state index is 0.168. The summed E-state index contributed by atoms with van der Waals surface area (Å²) in [5.74, 6) is 0.168. The predicted octanol–water partition coefficient (Wildman–Crippen LogP) is 4.41. The van der Waals surface area contributed by atoms with Crippen LogP contribution in [0.15, 0.2) is 54.6 Å². The molecule has 0 saturated heterocycles. The Bertz CT molecular complexity index is 550. The van der Waals surface area contributed by atoms with Crippen LogP contribution in [0.3, 0.4) is 0 Å². The van der Waals surface area contributed by atoms with E-state index in [1.54, 1.807) is 0 Å². The lowest BCUT2D eigenvalue weighted by atomic mass is 9.78. The van der Waals surface area contributed by atoms with E-state index in [0.717, 1.165) is 17.5 Å². The number of aryl methyl sites for hydroxylation is 1. The molecule has 0 bridgehead atoms. The molecule has 19 heavy (non-hydrogen) atoms. The Balaban J connectivity index is 2.32. The lowest BCUT2D eigenvalue weighted by Crippen LogP contribution is -2.29. The zero-order valence-electron chi connectivity index (χ0n) is 11.8. The zero-order chi connectivity index (χ0) is 13.9. The van der Waals surface area contributed by atoms with Gasteiger partial charge in [0.15, 0.2) is 5.78 Å². The highest BCUT2D eigenvalue weighted by atomic mass is 16.1. The first-order valence-corrected chi connectivity index (χ1v) is 6.75. The topological polar surface area (TPSA) is 17.1 Å². The van der Waals surface area contributed by atoms with Gasteiger partial charge in [-0.15, -0.1) is 0 Å². The second-order valence-electron chi connectivity index (χ2n) is 5.37. The maximum atomic E-state index is 12.7. The molecule has 2 aromatic carbocycles. The molecule has 0 atom stereocenters. The van der Waals surface area contributed by atoms with Gasteiger partial charge in [0, 0.05) is 5.56 Å². The quantitative estimate of drug-likeness (QED) is 0.737. The van der Waals surface area contributed by atoms with Crippen molar-refractivity contribution in [2.75, 3.05) is 0 Å². The molecule has 0 unspecified atom stereocenters. The second-order valence-corrected chi connectivity index (χ2v) is 5.37.